The van der Waals surface area contributed by atoms with E-state index in [1.54, 1.807) is 12.1 Å². The summed E-state index contributed by atoms with van der Waals surface area (Å²) in [5.41, 5.74) is 2.36. The Kier molecular flexibility index (Phi) is 5.52. The van der Waals surface area contributed by atoms with E-state index in [-0.39, 0.29) is 0 Å². The normalized spacial score (nSPS) is 11.5. The quantitative estimate of drug-likeness (QED) is 0.589. The first kappa shape index (κ1) is 13.0. The molecule has 0 radical (unpaired) electrons. The van der Waals surface area contributed by atoms with Crippen molar-refractivity contribution in [1.29, 1.82) is 0 Å². The van der Waals surface area contributed by atoms with E-state index >= 15 is 0 Å². The SMILES string of the molecule is C=C/C=C(\C=C/CC)Nc1ccccc1C=O. The molecule has 0 atom stereocenters. The molecule has 0 aromatic heterocycles. The first-order chi connectivity index (χ1) is 8.31. The van der Waals surface area contributed by atoms with Crippen LogP contribution in [0.25, 0.3) is 0 Å². The van der Waals surface area contributed by atoms with Crippen LogP contribution in [0.4, 0.5) is 5.69 Å². The summed E-state index contributed by atoms with van der Waals surface area (Å²) < 4.78 is 0. The lowest BCUT2D eigenvalue weighted by Gasteiger charge is -2.09. The maximum atomic E-state index is 10.9. The van der Waals surface area contributed by atoms with E-state index in [2.05, 4.69) is 18.8 Å². The molecule has 1 aromatic carbocycles. The van der Waals surface area contributed by atoms with Crippen LogP contribution in [-0.2, 0) is 0 Å². The zero-order valence-electron chi connectivity index (χ0n) is 10.0. The average Bonchev–Trinajstić information content (AvgIpc) is 2.37. The number of para-hydroxylation sites is 1. The van der Waals surface area contributed by atoms with Gasteiger partial charge in [0.1, 0.15) is 0 Å². The summed E-state index contributed by atoms with van der Waals surface area (Å²) in [6.07, 6.45) is 9.41. The predicted octanol–water partition coefficient (Wildman–Crippen LogP) is 3.95. The molecule has 0 fully saturated rings. The number of anilines is 1. The van der Waals surface area contributed by atoms with Crippen LogP contribution in [0.3, 0.4) is 0 Å². The third-order valence-corrected chi connectivity index (χ3v) is 2.20. The molecular weight excluding hydrogens is 210 g/mol. The Hall–Kier alpha value is -2.09. The molecule has 0 heterocycles. The molecule has 2 heteroatoms. The lowest BCUT2D eigenvalue weighted by atomic mass is 10.2. The molecule has 88 valence electrons. The number of nitrogens with one attached hydrogen (secondary N) is 1. The Morgan fingerprint density at radius 2 is 2.18 bits per heavy atom. The van der Waals surface area contributed by atoms with Gasteiger partial charge in [0.2, 0.25) is 0 Å². The summed E-state index contributed by atoms with van der Waals surface area (Å²) in [5, 5.41) is 3.21. The van der Waals surface area contributed by atoms with E-state index in [0.29, 0.717) is 5.56 Å². The van der Waals surface area contributed by atoms with Gasteiger partial charge in [0, 0.05) is 16.9 Å². The fourth-order valence-corrected chi connectivity index (χ4v) is 1.38. The van der Waals surface area contributed by atoms with Crippen LogP contribution in [0.15, 0.2) is 60.8 Å². The minimum atomic E-state index is 0.646. The lowest BCUT2D eigenvalue weighted by Crippen LogP contribution is -1.99. The van der Waals surface area contributed by atoms with Gasteiger partial charge in [0.05, 0.1) is 0 Å². The van der Waals surface area contributed by atoms with Crippen LogP contribution >= 0.6 is 0 Å². The second kappa shape index (κ2) is 7.23. The van der Waals surface area contributed by atoms with Gasteiger partial charge in [-0.1, -0.05) is 37.8 Å². The van der Waals surface area contributed by atoms with E-state index in [9.17, 15) is 4.79 Å². The Morgan fingerprint density at radius 3 is 2.82 bits per heavy atom. The Balaban J connectivity index is 2.93. The van der Waals surface area contributed by atoms with Crippen LogP contribution in [0.5, 0.6) is 0 Å². The third kappa shape index (κ3) is 4.11. The highest BCUT2D eigenvalue weighted by atomic mass is 16.1. The fraction of sp³-hybridized carbons (Fsp3) is 0.133. The summed E-state index contributed by atoms with van der Waals surface area (Å²) in [4.78, 5) is 10.9. The number of rotatable bonds is 6. The standard InChI is InChI=1S/C15H17NO/c1-3-5-10-14(8-4-2)16-15-11-7-6-9-13(15)12-17/h4-12,16H,2-3H2,1H3/b10-5-,14-8+. The monoisotopic (exact) mass is 227 g/mol. The summed E-state index contributed by atoms with van der Waals surface area (Å²) in [6.45, 7) is 5.74. The first-order valence-corrected chi connectivity index (χ1v) is 5.62. The van der Waals surface area contributed by atoms with Gasteiger partial charge in [-0.15, -0.1) is 0 Å². The number of carbonyl (C=O) groups is 1. The highest BCUT2D eigenvalue weighted by molar-refractivity contribution is 5.84. The molecule has 0 saturated carbocycles. The molecule has 0 aliphatic heterocycles. The average molecular weight is 227 g/mol. The molecule has 0 spiro atoms. The Morgan fingerprint density at radius 1 is 1.41 bits per heavy atom. The smallest absolute Gasteiger partial charge is 0.152 e. The summed E-state index contributed by atoms with van der Waals surface area (Å²) in [5.74, 6) is 0. The van der Waals surface area contributed by atoms with Crippen molar-refractivity contribution >= 4 is 12.0 Å². The molecule has 0 saturated heterocycles. The van der Waals surface area contributed by atoms with E-state index in [1.165, 1.54) is 0 Å². The van der Waals surface area contributed by atoms with Gasteiger partial charge in [-0.05, 0) is 30.7 Å². The number of hydrogen-bond donors (Lipinski definition) is 1. The topological polar surface area (TPSA) is 29.1 Å². The molecule has 0 amide bonds. The fourth-order valence-electron chi connectivity index (χ4n) is 1.38. The number of hydrogen-bond acceptors (Lipinski definition) is 2. The molecule has 0 aliphatic rings. The van der Waals surface area contributed by atoms with Gasteiger partial charge < -0.3 is 5.32 Å². The molecule has 1 aromatic rings. The third-order valence-electron chi connectivity index (χ3n) is 2.20. The highest BCUT2D eigenvalue weighted by Crippen LogP contribution is 2.15. The van der Waals surface area contributed by atoms with E-state index in [1.807, 2.05) is 36.4 Å². The van der Waals surface area contributed by atoms with E-state index < -0.39 is 0 Å². The summed E-state index contributed by atoms with van der Waals surface area (Å²) in [7, 11) is 0. The molecule has 1 rings (SSSR count). The first-order valence-electron chi connectivity index (χ1n) is 5.62. The van der Waals surface area contributed by atoms with Crippen LogP contribution in [0, 0.1) is 0 Å². The second-order valence-electron chi connectivity index (χ2n) is 3.50. The van der Waals surface area contributed by atoms with Gasteiger partial charge in [-0.2, -0.15) is 0 Å². The van der Waals surface area contributed by atoms with Crippen molar-refractivity contribution in [2.24, 2.45) is 0 Å². The molecule has 0 bridgehead atoms. The summed E-state index contributed by atoms with van der Waals surface area (Å²) >= 11 is 0. The van der Waals surface area contributed by atoms with Gasteiger partial charge >= 0.3 is 0 Å². The maximum absolute atomic E-state index is 10.9. The maximum Gasteiger partial charge on any atom is 0.152 e. The molecular formula is C15H17NO. The number of allylic oxidation sites excluding steroid dienone is 4. The molecule has 2 nitrogen and oxygen atoms in total. The minimum absolute atomic E-state index is 0.646. The van der Waals surface area contributed by atoms with Gasteiger partial charge in [0.25, 0.3) is 0 Å². The van der Waals surface area contributed by atoms with Crippen molar-refractivity contribution in [1.82, 2.24) is 0 Å². The van der Waals surface area contributed by atoms with Crippen LogP contribution in [0.1, 0.15) is 23.7 Å². The van der Waals surface area contributed by atoms with Crippen molar-refractivity contribution in [3.8, 4) is 0 Å². The number of carbonyl (C=O) groups excluding carboxylic acids is 1. The van der Waals surface area contributed by atoms with Crippen LogP contribution in [-0.4, -0.2) is 6.29 Å². The van der Waals surface area contributed by atoms with Crippen LogP contribution in [0.2, 0.25) is 0 Å². The number of benzene rings is 1. The highest BCUT2D eigenvalue weighted by Gasteiger charge is 2.00. The molecule has 0 aliphatic carbocycles. The van der Waals surface area contributed by atoms with E-state index in [4.69, 9.17) is 0 Å². The van der Waals surface area contributed by atoms with E-state index in [0.717, 1.165) is 24.1 Å². The van der Waals surface area contributed by atoms with Crippen molar-refractivity contribution in [3.05, 3.63) is 66.4 Å². The van der Waals surface area contributed by atoms with Crippen molar-refractivity contribution in [2.75, 3.05) is 5.32 Å². The molecule has 0 unspecified atom stereocenters. The zero-order valence-corrected chi connectivity index (χ0v) is 10.0. The number of aldehydes is 1. The summed E-state index contributed by atoms with van der Waals surface area (Å²) in [6, 6.07) is 7.39. The zero-order chi connectivity index (χ0) is 12.5. The van der Waals surface area contributed by atoms with Crippen LogP contribution < -0.4 is 5.32 Å². The van der Waals surface area contributed by atoms with Gasteiger partial charge in [0.15, 0.2) is 6.29 Å². The van der Waals surface area contributed by atoms with Crippen molar-refractivity contribution < 1.29 is 4.79 Å². The van der Waals surface area contributed by atoms with Crippen molar-refractivity contribution in [3.63, 3.8) is 0 Å². The van der Waals surface area contributed by atoms with Gasteiger partial charge in [-0.3, -0.25) is 4.79 Å². The van der Waals surface area contributed by atoms with Gasteiger partial charge in [-0.25, -0.2) is 0 Å². The predicted molar refractivity (Wildman–Crippen MR) is 73.2 cm³/mol. The molecule has 17 heavy (non-hydrogen) atoms. The Bertz CT molecular complexity index is 444. The lowest BCUT2D eigenvalue weighted by molar-refractivity contribution is 0.112. The second-order valence-corrected chi connectivity index (χ2v) is 3.50. The Labute approximate surface area is 102 Å². The molecule has 1 N–H and O–H groups in total. The van der Waals surface area contributed by atoms with Crippen molar-refractivity contribution in [2.45, 2.75) is 13.3 Å². The minimum Gasteiger partial charge on any atom is -0.355 e. The largest absolute Gasteiger partial charge is 0.355 e.